The van der Waals surface area contributed by atoms with Crippen LogP contribution in [0.4, 0.5) is 0 Å². The second kappa shape index (κ2) is 11.2. The normalized spacial score (nSPS) is 13.1. The highest BCUT2D eigenvalue weighted by Gasteiger charge is 2.12. The number of ketones is 1. The molecule has 2 unspecified atom stereocenters. The van der Waals surface area contributed by atoms with E-state index >= 15 is 0 Å². The maximum Gasteiger partial charge on any atom is 0.135 e. The van der Waals surface area contributed by atoms with Gasteiger partial charge < -0.3 is 0 Å². The van der Waals surface area contributed by atoms with Gasteiger partial charge in [-0.3, -0.25) is 4.79 Å². The minimum atomic E-state index is 0.0804. The summed E-state index contributed by atoms with van der Waals surface area (Å²) >= 11 is 0. The molecule has 0 spiro atoms. The summed E-state index contributed by atoms with van der Waals surface area (Å²) in [5, 5.41) is 8.55. The van der Waals surface area contributed by atoms with Crippen LogP contribution in [-0.4, -0.2) is 5.78 Å². The van der Waals surface area contributed by atoms with E-state index in [9.17, 15) is 4.79 Å². The van der Waals surface area contributed by atoms with Crippen LogP contribution in [-0.2, 0) is 4.79 Å². The lowest BCUT2D eigenvalue weighted by Crippen LogP contribution is -2.11. The lowest BCUT2D eigenvalue weighted by molar-refractivity contribution is -0.122. The molecular weight excluding hydrogens is 186 g/mol. The van der Waals surface area contributed by atoms with Crippen molar-refractivity contribution >= 4 is 5.78 Å². The number of hydrogen-bond donors (Lipinski definition) is 0. The van der Waals surface area contributed by atoms with Crippen LogP contribution >= 0.6 is 0 Å². The number of nitrogens with zero attached hydrogens (tertiary/aromatic N) is 1. The second-order valence-corrected chi connectivity index (χ2v) is 3.72. The number of nitriles is 1. The Kier molecular flexibility index (Phi) is 12.4. The highest BCUT2D eigenvalue weighted by molar-refractivity contribution is 5.80. The predicted octanol–water partition coefficient (Wildman–Crippen LogP) is 3.96. The summed E-state index contributed by atoms with van der Waals surface area (Å²) in [4.78, 5) is 11.4. The standard InChI is InChI=1S/C11H19NO.C2H6/c1-4-5-11(13)10(3)7-6-9(2)8-12;1-2/h9-10H,4-7H2,1-3H3;1-2H3. The molecule has 0 fully saturated rings. The Labute approximate surface area is 94.7 Å². The van der Waals surface area contributed by atoms with Gasteiger partial charge >= 0.3 is 0 Å². The van der Waals surface area contributed by atoms with Crippen molar-refractivity contribution in [3.05, 3.63) is 0 Å². The molecule has 0 aliphatic rings. The van der Waals surface area contributed by atoms with Crippen LogP contribution in [0.2, 0.25) is 0 Å². The maximum absolute atomic E-state index is 11.4. The first-order chi connectivity index (χ1) is 7.11. The van der Waals surface area contributed by atoms with E-state index in [4.69, 9.17) is 5.26 Å². The summed E-state index contributed by atoms with van der Waals surface area (Å²) < 4.78 is 0. The average molecular weight is 211 g/mol. The fourth-order valence-corrected chi connectivity index (χ4v) is 1.22. The fraction of sp³-hybridized carbons (Fsp3) is 0.846. The number of rotatable bonds is 6. The van der Waals surface area contributed by atoms with Crippen molar-refractivity contribution < 1.29 is 4.79 Å². The van der Waals surface area contributed by atoms with E-state index in [1.54, 1.807) is 0 Å². The Morgan fingerprint density at radius 1 is 1.27 bits per heavy atom. The SMILES string of the molecule is CC.CCCC(=O)C(C)CCC(C)C#N. The molecule has 0 radical (unpaired) electrons. The Hall–Kier alpha value is -0.840. The zero-order valence-corrected chi connectivity index (χ0v) is 10.8. The molecule has 0 aromatic carbocycles. The van der Waals surface area contributed by atoms with Crippen molar-refractivity contribution in [2.24, 2.45) is 11.8 Å². The largest absolute Gasteiger partial charge is 0.299 e. The van der Waals surface area contributed by atoms with Crippen molar-refractivity contribution in [2.45, 2.75) is 60.3 Å². The molecule has 0 amide bonds. The van der Waals surface area contributed by atoms with Gasteiger partial charge in [0.25, 0.3) is 0 Å². The maximum atomic E-state index is 11.4. The van der Waals surface area contributed by atoms with E-state index in [2.05, 4.69) is 6.07 Å². The molecule has 0 aromatic heterocycles. The quantitative estimate of drug-likeness (QED) is 0.667. The second-order valence-electron chi connectivity index (χ2n) is 3.72. The summed E-state index contributed by atoms with van der Waals surface area (Å²) in [7, 11) is 0. The van der Waals surface area contributed by atoms with Crippen molar-refractivity contribution in [1.82, 2.24) is 0 Å². The lowest BCUT2D eigenvalue weighted by Gasteiger charge is -2.09. The Morgan fingerprint density at radius 3 is 2.20 bits per heavy atom. The molecule has 0 bridgehead atoms. The molecule has 2 heteroatoms. The zero-order valence-electron chi connectivity index (χ0n) is 10.8. The van der Waals surface area contributed by atoms with Gasteiger partial charge in [0.05, 0.1) is 6.07 Å². The third-order valence-corrected chi connectivity index (χ3v) is 2.30. The van der Waals surface area contributed by atoms with Crippen LogP contribution in [0, 0.1) is 23.2 Å². The Balaban J connectivity index is 0. The van der Waals surface area contributed by atoms with Gasteiger partial charge in [0.15, 0.2) is 0 Å². The van der Waals surface area contributed by atoms with E-state index < -0.39 is 0 Å². The minimum absolute atomic E-state index is 0.0804. The van der Waals surface area contributed by atoms with E-state index in [0.29, 0.717) is 12.2 Å². The summed E-state index contributed by atoms with van der Waals surface area (Å²) in [5.74, 6) is 0.556. The fourth-order valence-electron chi connectivity index (χ4n) is 1.22. The Morgan fingerprint density at radius 2 is 1.80 bits per heavy atom. The number of hydrogen-bond acceptors (Lipinski definition) is 2. The molecule has 0 rings (SSSR count). The summed E-state index contributed by atoms with van der Waals surface area (Å²) in [6, 6.07) is 2.18. The highest BCUT2D eigenvalue weighted by atomic mass is 16.1. The minimum Gasteiger partial charge on any atom is -0.299 e. The van der Waals surface area contributed by atoms with Gasteiger partial charge in [-0.15, -0.1) is 0 Å². The zero-order chi connectivity index (χ0) is 12.3. The van der Waals surface area contributed by atoms with E-state index in [0.717, 1.165) is 19.3 Å². The topological polar surface area (TPSA) is 40.9 Å². The smallest absolute Gasteiger partial charge is 0.135 e. The van der Waals surface area contributed by atoms with Crippen LogP contribution in [0.5, 0.6) is 0 Å². The van der Waals surface area contributed by atoms with E-state index in [-0.39, 0.29) is 11.8 Å². The first kappa shape index (κ1) is 16.6. The molecule has 0 aliphatic heterocycles. The molecule has 0 aliphatic carbocycles. The first-order valence-corrected chi connectivity index (χ1v) is 6.04. The monoisotopic (exact) mass is 211 g/mol. The summed E-state index contributed by atoms with van der Waals surface area (Å²) in [6.07, 6.45) is 3.31. The van der Waals surface area contributed by atoms with Crippen LogP contribution < -0.4 is 0 Å². The molecule has 0 heterocycles. The molecular formula is C13H25NO. The summed E-state index contributed by atoms with van der Waals surface area (Å²) in [5.41, 5.74) is 0. The molecule has 0 aromatic rings. The van der Waals surface area contributed by atoms with Gasteiger partial charge in [-0.25, -0.2) is 0 Å². The average Bonchev–Trinajstić information content (AvgIpc) is 2.28. The number of carbonyl (C=O) groups excluding carboxylic acids is 1. The number of Topliss-reactive ketones (excluding diaryl/α,β-unsaturated/α-hetero) is 1. The van der Waals surface area contributed by atoms with Gasteiger partial charge in [-0.1, -0.05) is 27.7 Å². The van der Waals surface area contributed by atoms with Crippen molar-refractivity contribution in [1.29, 1.82) is 5.26 Å². The van der Waals surface area contributed by atoms with Crippen LogP contribution in [0.25, 0.3) is 0 Å². The van der Waals surface area contributed by atoms with Gasteiger partial charge in [0, 0.05) is 18.3 Å². The molecule has 88 valence electrons. The molecule has 0 saturated heterocycles. The van der Waals surface area contributed by atoms with Crippen LogP contribution in [0.1, 0.15) is 60.3 Å². The molecule has 15 heavy (non-hydrogen) atoms. The van der Waals surface area contributed by atoms with E-state index in [1.807, 2.05) is 34.6 Å². The Bertz CT molecular complexity index is 193. The van der Waals surface area contributed by atoms with Crippen LogP contribution in [0.15, 0.2) is 0 Å². The predicted molar refractivity (Wildman–Crippen MR) is 64.4 cm³/mol. The lowest BCUT2D eigenvalue weighted by atomic mass is 9.94. The third-order valence-electron chi connectivity index (χ3n) is 2.30. The molecule has 0 N–H and O–H groups in total. The molecule has 2 atom stereocenters. The third kappa shape index (κ3) is 9.46. The van der Waals surface area contributed by atoms with Crippen LogP contribution in [0.3, 0.4) is 0 Å². The number of carbonyl (C=O) groups is 1. The van der Waals surface area contributed by atoms with Gasteiger partial charge in [0.2, 0.25) is 0 Å². The summed E-state index contributed by atoms with van der Waals surface area (Å²) in [6.45, 7) is 9.88. The highest BCUT2D eigenvalue weighted by Crippen LogP contribution is 2.14. The molecule has 0 saturated carbocycles. The van der Waals surface area contributed by atoms with Gasteiger partial charge in [0.1, 0.15) is 5.78 Å². The van der Waals surface area contributed by atoms with Crippen molar-refractivity contribution in [2.75, 3.05) is 0 Å². The van der Waals surface area contributed by atoms with Crippen molar-refractivity contribution in [3.8, 4) is 6.07 Å². The van der Waals surface area contributed by atoms with Gasteiger partial charge in [-0.2, -0.15) is 5.26 Å². The van der Waals surface area contributed by atoms with Crippen molar-refractivity contribution in [3.63, 3.8) is 0 Å². The van der Waals surface area contributed by atoms with Gasteiger partial charge in [-0.05, 0) is 26.2 Å². The first-order valence-electron chi connectivity index (χ1n) is 6.04. The van der Waals surface area contributed by atoms with E-state index in [1.165, 1.54) is 0 Å². The molecule has 2 nitrogen and oxygen atoms in total.